The molecule has 1 aliphatic rings. The van der Waals surface area contributed by atoms with Gasteiger partial charge in [-0.2, -0.15) is 0 Å². The highest BCUT2D eigenvalue weighted by atomic mass is 16.3. The number of hydrogen-bond acceptors (Lipinski definition) is 4. The Morgan fingerprint density at radius 3 is 2.92 bits per heavy atom. The van der Waals surface area contributed by atoms with Crippen LogP contribution in [-0.2, 0) is 0 Å². The summed E-state index contributed by atoms with van der Waals surface area (Å²) in [5.41, 5.74) is 1.89. The molecule has 4 rings (SSSR count). The highest BCUT2D eigenvalue weighted by Gasteiger charge is 2.24. The zero-order valence-corrected chi connectivity index (χ0v) is 15.0. The Balaban J connectivity index is 1.27. The molecule has 1 saturated carbocycles. The van der Waals surface area contributed by atoms with Gasteiger partial charge in [-0.05, 0) is 63.1 Å². The van der Waals surface area contributed by atoms with E-state index in [1.807, 2.05) is 25.3 Å². The zero-order valence-electron chi connectivity index (χ0n) is 15.0. The standard InChI is InChI=1S/C20H24N4O2/c1-14-9-11-24-13-22-18(19(24)23-14)20(25)21-10-8-15-4-6-16(7-5-15)17-3-2-12-26-17/h2-3,9,11-13,15-16H,4-8,10H2,1H3,(H,21,25). The van der Waals surface area contributed by atoms with E-state index in [0.717, 1.165) is 17.9 Å². The first-order valence-electron chi connectivity index (χ1n) is 9.32. The molecular formula is C20H24N4O2. The summed E-state index contributed by atoms with van der Waals surface area (Å²) in [6.07, 6.45) is 11.0. The van der Waals surface area contributed by atoms with Crippen LogP contribution in [0, 0.1) is 12.8 Å². The first-order chi connectivity index (χ1) is 12.7. The molecule has 0 bridgehead atoms. The maximum absolute atomic E-state index is 12.4. The molecule has 1 aliphatic carbocycles. The predicted molar refractivity (Wildman–Crippen MR) is 98.1 cm³/mol. The molecule has 1 fully saturated rings. The van der Waals surface area contributed by atoms with Crippen LogP contribution in [0.4, 0.5) is 0 Å². The molecule has 0 aromatic carbocycles. The number of aromatic nitrogens is 3. The number of imidazole rings is 1. The second-order valence-corrected chi connectivity index (χ2v) is 7.17. The smallest absolute Gasteiger partial charge is 0.273 e. The van der Waals surface area contributed by atoms with Crippen molar-refractivity contribution in [1.82, 2.24) is 19.7 Å². The van der Waals surface area contributed by atoms with Crippen molar-refractivity contribution < 1.29 is 9.21 Å². The number of aryl methyl sites for hydroxylation is 1. The summed E-state index contributed by atoms with van der Waals surface area (Å²) in [5.74, 6) is 2.20. The maximum Gasteiger partial charge on any atom is 0.273 e. The van der Waals surface area contributed by atoms with Crippen molar-refractivity contribution in [2.45, 2.75) is 44.9 Å². The van der Waals surface area contributed by atoms with E-state index in [4.69, 9.17) is 4.42 Å². The number of rotatable bonds is 5. The Hall–Kier alpha value is -2.63. The Morgan fingerprint density at radius 2 is 2.15 bits per heavy atom. The third-order valence-electron chi connectivity index (χ3n) is 5.37. The van der Waals surface area contributed by atoms with Gasteiger partial charge in [-0.3, -0.25) is 9.20 Å². The average Bonchev–Trinajstić information content (AvgIpc) is 3.32. The van der Waals surface area contributed by atoms with Gasteiger partial charge in [0.15, 0.2) is 11.3 Å². The molecule has 6 heteroatoms. The third kappa shape index (κ3) is 3.49. The number of fused-ring (bicyclic) bond motifs is 1. The Kier molecular flexibility index (Phi) is 4.73. The predicted octanol–water partition coefficient (Wildman–Crippen LogP) is 3.72. The summed E-state index contributed by atoms with van der Waals surface area (Å²) in [4.78, 5) is 21.1. The molecular weight excluding hydrogens is 328 g/mol. The van der Waals surface area contributed by atoms with Crippen molar-refractivity contribution in [3.05, 3.63) is 54.1 Å². The fraction of sp³-hybridized carbons (Fsp3) is 0.450. The van der Waals surface area contributed by atoms with Gasteiger partial charge in [-0.1, -0.05) is 0 Å². The van der Waals surface area contributed by atoms with E-state index in [0.29, 0.717) is 29.7 Å². The van der Waals surface area contributed by atoms with Crippen LogP contribution in [0.2, 0.25) is 0 Å². The van der Waals surface area contributed by atoms with E-state index in [9.17, 15) is 4.79 Å². The molecule has 6 nitrogen and oxygen atoms in total. The van der Waals surface area contributed by atoms with Gasteiger partial charge in [-0.15, -0.1) is 0 Å². The van der Waals surface area contributed by atoms with Gasteiger partial charge in [0.05, 0.1) is 6.26 Å². The van der Waals surface area contributed by atoms with Crippen LogP contribution in [-0.4, -0.2) is 26.8 Å². The second kappa shape index (κ2) is 7.32. The van der Waals surface area contributed by atoms with Crippen molar-refractivity contribution in [3.63, 3.8) is 0 Å². The molecule has 3 aromatic rings. The highest BCUT2D eigenvalue weighted by molar-refractivity contribution is 5.97. The van der Waals surface area contributed by atoms with Crippen LogP contribution in [0.3, 0.4) is 0 Å². The quantitative estimate of drug-likeness (QED) is 0.759. The molecule has 0 radical (unpaired) electrons. The summed E-state index contributed by atoms with van der Waals surface area (Å²) in [5, 5.41) is 3.01. The molecule has 0 aliphatic heterocycles. The summed E-state index contributed by atoms with van der Waals surface area (Å²) < 4.78 is 7.31. The first-order valence-corrected chi connectivity index (χ1v) is 9.32. The Bertz CT molecular complexity index is 876. The van der Waals surface area contributed by atoms with E-state index in [1.165, 1.54) is 25.7 Å². The minimum Gasteiger partial charge on any atom is -0.469 e. The third-order valence-corrected chi connectivity index (χ3v) is 5.37. The van der Waals surface area contributed by atoms with Crippen molar-refractivity contribution in [1.29, 1.82) is 0 Å². The molecule has 0 saturated heterocycles. The normalized spacial score (nSPS) is 20.3. The monoisotopic (exact) mass is 352 g/mol. The van der Waals surface area contributed by atoms with Gasteiger partial charge in [-0.25, -0.2) is 9.97 Å². The number of hydrogen-bond donors (Lipinski definition) is 1. The van der Waals surface area contributed by atoms with Crippen LogP contribution in [0.5, 0.6) is 0 Å². The van der Waals surface area contributed by atoms with Crippen LogP contribution in [0.15, 0.2) is 41.4 Å². The lowest BCUT2D eigenvalue weighted by molar-refractivity contribution is 0.0947. The fourth-order valence-corrected chi connectivity index (χ4v) is 3.86. The van der Waals surface area contributed by atoms with Gasteiger partial charge >= 0.3 is 0 Å². The van der Waals surface area contributed by atoms with Gasteiger partial charge in [0, 0.05) is 24.4 Å². The van der Waals surface area contributed by atoms with E-state index < -0.39 is 0 Å². The summed E-state index contributed by atoms with van der Waals surface area (Å²) >= 11 is 0. The van der Waals surface area contributed by atoms with Crippen LogP contribution in [0.25, 0.3) is 5.65 Å². The molecule has 3 heterocycles. The van der Waals surface area contributed by atoms with E-state index in [1.54, 1.807) is 17.0 Å². The van der Waals surface area contributed by atoms with Crippen molar-refractivity contribution >= 4 is 11.6 Å². The topological polar surface area (TPSA) is 72.4 Å². The number of carbonyl (C=O) groups is 1. The Labute approximate surface area is 152 Å². The van der Waals surface area contributed by atoms with Crippen molar-refractivity contribution in [2.24, 2.45) is 5.92 Å². The van der Waals surface area contributed by atoms with Crippen molar-refractivity contribution in [3.8, 4) is 0 Å². The number of carbonyl (C=O) groups excluding carboxylic acids is 1. The summed E-state index contributed by atoms with van der Waals surface area (Å²) in [7, 11) is 0. The number of furan rings is 1. The molecule has 0 atom stereocenters. The SMILES string of the molecule is Cc1ccn2cnc(C(=O)NCCC3CCC(c4ccco4)CC3)c2n1. The molecule has 26 heavy (non-hydrogen) atoms. The molecule has 1 N–H and O–H groups in total. The lowest BCUT2D eigenvalue weighted by atomic mass is 9.79. The largest absolute Gasteiger partial charge is 0.469 e. The minimum atomic E-state index is -0.144. The van der Waals surface area contributed by atoms with Gasteiger partial charge < -0.3 is 9.73 Å². The lowest BCUT2D eigenvalue weighted by Gasteiger charge is -2.27. The minimum absolute atomic E-state index is 0.144. The number of amides is 1. The number of nitrogens with one attached hydrogen (secondary N) is 1. The van der Waals surface area contributed by atoms with Crippen molar-refractivity contribution in [2.75, 3.05) is 6.54 Å². The molecule has 3 aromatic heterocycles. The summed E-state index contributed by atoms with van der Waals surface area (Å²) in [6, 6.07) is 5.94. The molecule has 136 valence electrons. The molecule has 0 spiro atoms. The van der Waals surface area contributed by atoms with Gasteiger partial charge in [0.25, 0.3) is 5.91 Å². The van der Waals surface area contributed by atoms with Gasteiger partial charge in [0.2, 0.25) is 0 Å². The van der Waals surface area contributed by atoms with E-state index in [-0.39, 0.29) is 5.91 Å². The van der Waals surface area contributed by atoms with Crippen LogP contribution < -0.4 is 5.32 Å². The fourth-order valence-electron chi connectivity index (χ4n) is 3.86. The zero-order chi connectivity index (χ0) is 17.9. The molecule has 1 amide bonds. The number of nitrogens with zero attached hydrogens (tertiary/aromatic N) is 3. The van der Waals surface area contributed by atoms with Crippen LogP contribution in [0.1, 0.15) is 60.0 Å². The highest BCUT2D eigenvalue weighted by Crippen LogP contribution is 2.36. The second-order valence-electron chi connectivity index (χ2n) is 7.17. The maximum atomic E-state index is 12.4. The lowest BCUT2D eigenvalue weighted by Crippen LogP contribution is -2.27. The first kappa shape index (κ1) is 16.8. The van der Waals surface area contributed by atoms with E-state index >= 15 is 0 Å². The average molecular weight is 352 g/mol. The summed E-state index contributed by atoms with van der Waals surface area (Å²) in [6.45, 7) is 2.59. The van der Waals surface area contributed by atoms with E-state index in [2.05, 4.69) is 21.4 Å². The molecule has 0 unspecified atom stereocenters. The Morgan fingerprint density at radius 1 is 1.31 bits per heavy atom. The van der Waals surface area contributed by atoms with Gasteiger partial charge in [0.1, 0.15) is 12.1 Å². The van der Waals surface area contributed by atoms with Crippen LogP contribution >= 0.6 is 0 Å².